The molecule has 6 heteroatoms. The van der Waals surface area contributed by atoms with Gasteiger partial charge in [0.1, 0.15) is 11.7 Å². The van der Waals surface area contributed by atoms with Gasteiger partial charge in [-0.25, -0.2) is 0 Å². The van der Waals surface area contributed by atoms with Crippen LogP contribution in [0.5, 0.6) is 0 Å². The molecule has 2 rings (SSSR count). The van der Waals surface area contributed by atoms with Crippen molar-refractivity contribution in [3.05, 3.63) is 18.0 Å². The summed E-state index contributed by atoms with van der Waals surface area (Å²) in [5, 5.41) is 0. The third-order valence-corrected chi connectivity index (χ3v) is 3.03. The predicted molar refractivity (Wildman–Crippen MR) is 63.1 cm³/mol. The molecule has 5 N–H and O–H groups in total. The molecule has 1 aliphatic heterocycles. The van der Waals surface area contributed by atoms with Crippen LogP contribution < -0.4 is 11.5 Å². The Morgan fingerprint density at radius 3 is 2.76 bits per heavy atom. The van der Waals surface area contributed by atoms with Gasteiger partial charge in [-0.2, -0.15) is 0 Å². The van der Waals surface area contributed by atoms with Gasteiger partial charge < -0.3 is 21.4 Å². The molecule has 17 heavy (non-hydrogen) atoms. The van der Waals surface area contributed by atoms with Crippen molar-refractivity contribution >= 4 is 17.5 Å². The first-order valence-corrected chi connectivity index (χ1v) is 5.64. The number of carbonyl (C=O) groups is 2. The minimum Gasteiger partial charge on any atom is -0.397 e. The number of hydrogen-bond donors (Lipinski definition) is 3. The SMILES string of the molecule is NC(=O)C1CCCCN1C(=O)c1cc(N)c[nH]1. The summed E-state index contributed by atoms with van der Waals surface area (Å²) in [6.07, 6.45) is 4.00. The molecular formula is C11H16N4O2. The molecule has 6 nitrogen and oxygen atoms in total. The highest BCUT2D eigenvalue weighted by atomic mass is 16.2. The van der Waals surface area contributed by atoms with Crippen molar-refractivity contribution in [3.63, 3.8) is 0 Å². The number of rotatable bonds is 2. The van der Waals surface area contributed by atoms with Gasteiger partial charge in [0.15, 0.2) is 0 Å². The third kappa shape index (κ3) is 2.25. The molecule has 2 heterocycles. The maximum absolute atomic E-state index is 12.2. The highest BCUT2D eigenvalue weighted by Gasteiger charge is 2.31. The molecule has 1 aliphatic rings. The Bertz CT molecular complexity index is 440. The lowest BCUT2D eigenvalue weighted by molar-refractivity contribution is -0.123. The number of aromatic nitrogens is 1. The lowest BCUT2D eigenvalue weighted by Gasteiger charge is -2.33. The molecule has 0 aliphatic carbocycles. The highest BCUT2D eigenvalue weighted by Crippen LogP contribution is 2.19. The van der Waals surface area contributed by atoms with Gasteiger partial charge in [-0.1, -0.05) is 0 Å². The van der Waals surface area contributed by atoms with Crippen molar-refractivity contribution in [1.29, 1.82) is 0 Å². The molecular weight excluding hydrogens is 220 g/mol. The molecule has 0 radical (unpaired) electrons. The van der Waals surface area contributed by atoms with E-state index in [1.807, 2.05) is 0 Å². The number of likely N-dealkylation sites (tertiary alicyclic amines) is 1. The van der Waals surface area contributed by atoms with Gasteiger partial charge in [0.2, 0.25) is 5.91 Å². The molecule has 1 saturated heterocycles. The number of primary amides is 1. The standard InChI is InChI=1S/C11H16N4O2/c12-7-5-8(14-6-7)11(17)15-4-2-1-3-9(15)10(13)16/h5-6,9,14H,1-4,12H2,(H2,13,16). The van der Waals surface area contributed by atoms with Crippen LogP contribution in [0, 0.1) is 0 Å². The van der Waals surface area contributed by atoms with E-state index < -0.39 is 11.9 Å². The fourth-order valence-corrected chi connectivity index (χ4v) is 2.16. The fourth-order valence-electron chi connectivity index (χ4n) is 2.16. The number of piperidine rings is 1. The lowest BCUT2D eigenvalue weighted by Crippen LogP contribution is -2.50. The third-order valence-electron chi connectivity index (χ3n) is 3.03. The van der Waals surface area contributed by atoms with E-state index in [1.54, 1.807) is 12.3 Å². The predicted octanol–water partition coefficient (Wildman–Crippen LogP) is 0.0769. The Hall–Kier alpha value is -1.98. The van der Waals surface area contributed by atoms with Crippen molar-refractivity contribution in [2.75, 3.05) is 12.3 Å². The van der Waals surface area contributed by atoms with E-state index in [0.717, 1.165) is 12.8 Å². The Morgan fingerprint density at radius 2 is 2.18 bits per heavy atom. The molecule has 92 valence electrons. The minimum atomic E-state index is -0.499. The number of nitrogens with two attached hydrogens (primary N) is 2. The molecule has 0 saturated carbocycles. The van der Waals surface area contributed by atoms with Crippen LogP contribution in [0.15, 0.2) is 12.3 Å². The normalized spacial score (nSPS) is 20.2. The number of amides is 2. The Balaban J connectivity index is 2.19. The van der Waals surface area contributed by atoms with E-state index in [2.05, 4.69) is 4.98 Å². The quantitative estimate of drug-likeness (QED) is 0.677. The number of aromatic amines is 1. The zero-order chi connectivity index (χ0) is 12.4. The van der Waals surface area contributed by atoms with Gasteiger partial charge >= 0.3 is 0 Å². The van der Waals surface area contributed by atoms with Crippen molar-refractivity contribution in [2.45, 2.75) is 25.3 Å². The number of nitrogen functional groups attached to an aromatic ring is 1. The maximum Gasteiger partial charge on any atom is 0.271 e. The average molecular weight is 236 g/mol. The van der Waals surface area contributed by atoms with Crippen LogP contribution >= 0.6 is 0 Å². The largest absolute Gasteiger partial charge is 0.397 e. The van der Waals surface area contributed by atoms with E-state index in [0.29, 0.717) is 24.3 Å². The number of nitrogens with one attached hydrogen (secondary N) is 1. The number of anilines is 1. The van der Waals surface area contributed by atoms with Crippen molar-refractivity contribution < 1.29 is 9.59 Å². The first-order valence-electron chi connectivity index (χ1n) is 5.64. The summed E-state index contributed by atoms with van der Waals surface area (Å²) in [7, 11) is 0. The van der Waals surface area contributed by atoms with Gasteiger partial charge in [-0.05, 0) is 25.3 Å². The van der Waals surface area contributed by atoms with Gasteiger partial charge in [-0.15, -0.1) is 0 Å². The molecule has 1 unspecified atom stereocenters. The van der Waals surface area contributed by atoms with E-state index in [4.69, 9.17) is 11.5 Å². The molecule has 1 atom stereocenters. The van der Waals surface area contributed by atoms with Crippen LogP contribution in [-0.2, 0) is 4.79 Å². The van der Waals surface area contributed by atoms with Crippen LogP contribution in [0.2, 0.25) is 0 Å². The average Bonchev–Trinajstić information content (AvgIpc) is 2.75. The summed E-state index contributed by atoms with van der Waals surface area (Å²) in [4.78, 5) is 27.8. The molecule has 2 amide bonds. The molecule has 1 aromatic rings. The van der Waals surface area contributed by atoms with Gasteiger partial charge in [0.05, 0.1) is 0 Å². The number of hydrogen-bond acceptors (Lipinski definition) is 3. The van der Waals surface area contributed by atoms with Crippen LogP contribution in [0.3, 0.4) is 0 Å². The Labute approximate surface area is 99.0 Å². The number of nitrogens with zero attached hydrogens (tertiary/aromatic N) is 1. The van der Waals surface area contributed by atoms with Gasteiger partial charge in [-0.3, -0.25) is 9.59 Å². The zero-order valence-electron chi connectivity index (χ0n) is 9.48. The van der Waals surface area contributed by atoms with E-state index in [9.17, 15) is 9.59 Å². The summed E-state index contributed by atoms with van der Waals surface area (Å²) in [5.74, 6) is -0.664. The van der Waals surface area contributed by atoms with Crippen molar-refractivity contribution in [3.8, 4) is 0 Å². The smallest absolute Gasteiger partial charge is 0.271 e. The van der Waals surface area contributed by atoms with Crippen molar-refractivity contribution in [2.24, 2.45) is 5.73 Å². The summed E-state index contributed by atoms with van der Waals surface area (Å²) in [6, 6.07) is 1.07. The fraction of sp³-hybridized carbons (Fsp3) is 0.455. The summed E-state index contributed by atoms with van der Waals surface area (Å²) in [5.41, 5.74) is 11.8. The summed E-state index contributed by atoms with van der Waals surface area (Å²) in [6.45, 7) is 0.561. The lowest BCUT2D eigenvalue weighted by atomic mass is 10.0. The Morgan fingerprint density at radius 1 is 1.41 bits per heavy atom. The molecule has 0 aromatic carbocycles. The van der Waals surface area contributed by atoms with Crippen LogP contribution in [0.4, 0.5) is 5.69 Å². The van der Waals surface area contributed by atoms with Crippen LogP contribution in [0.25, 0.3) is 0 Å². The molecule has 1 aromatic heterocycles. The topological polar surface area (TPSA) is 105 Å². The van der Waals surface area contributed by atoms with Crippen LogP contribution in [0.1, 0.15) is 29.8 Å². The summed E-state index contributed by atoms with van der Waals surface area (Å²) >= 11 is 0. The van der Waals surface area contributed by atoms with Gasteiger partial charge in [0.25, 0.3) is 5.91 Å². The van der Waals surface area contributed by atoms with Crippen molar-refractivity contribution in [1.82, 2.24) is 9.88 Å². The van der Waals surface area contributed by atoms with E-state index >= 15 is 0 Å². The zero-order valence-corrected chi connectivity index (χ0v) is 9.48. The number of carbonyl (C=O) groups excluding carboxylic acids is 2. The monoisotopic (exact) mass is 236 g/mol. The minimum absolute atomic E-state index is 0.217. The number of H-pyrrole nitrogens is 1. The molecule has 1 fully saturated rings. The van der Waals surface area contributed by atoms with E-state index in [1.165, 1.54) is 4.90 Å². The Kier molecular flexibility index (Phi) is 3.03. The second-order valence-corrected chi connectivity index (χ2v) is 4.26. The molecule has 0 spiro atoms. The first-order chi connectivity index (χ1) is 8.09. The van der Waals surface area contributed by atoms with Crippen LogP contribution in [-0.4, -0.2) is 34.3 Å². The first kappa shape index (κ1) is 11.5. The summed E-state index contributed by atoms with van der Waals surface area (Å²) < 4.78 is 0. The molecule has 0 bridgehead atoms. The maximum atomic E-state index is 12.2. The van der Waals surface area contributed by atoms with Gasteiger partial charge in [0, 0.05) is 18.4 Å². The second kappa shape index (κ2) is 4.48. The highest BCUT2D eigenvalue weighted by molar-refractivity contribution is 5.96. The second-order valence-electron chi connectivity index (χ2n) is 4.26. The van der Waals surface area contributed by atoms with E-state index in [-0.39, 0.29) is 5.91 Å².